The molecule has 1 aliphatic heterocycles. The fourth-order valence-electron chi connectivity index (χ4n) is 3.53. The molecule has 9 heteroatoms. The van der Waals surface area contributed by atoms with Crippen molar-refractivity contribution in [3.63, 3.8) is 0 Å². The molecular formula is C19H16ClF3N4O. The van der Waals surface area contributed by atoms with Gasteiger partial charge in [0, 0.05) is 17.7 Å². The molecule has 1 aliphatic rings. The third-order valence-corrected chi connectivity index (χ3v) is 4.97. The van der Waals surface area contributed by atoms with Gasteiger partial charge in [0.05, 0.1) is 22.7 Å². The number of fused-ring (bicyclic) bond motifs is 2. The molecule has 3 heterocycles. The monoisotopic (exact) mass is 408 g/mol. The van der Waals surface area contributed by atoms with Crippen LogP contribution in [0, 0.1) is 6.92 Å². The average molecular weight is 409 g/mol. The van der Waals surface area contributed by atoms with Crippen molar-refractivity contribution in [2.75, 3.05) is 5.32 Å². The molecule has 1 amide bonds. The molecule has 3 aromatic rings. The van der Waals surface area contributed by atoms with E-state index in [1.807, 2.05) is 6.92 Å². The van der Waals surface area contributed by atoms with Crippen molar-refractivity contribution in [1.29, 1.82) is 0 Å². The zero-order valence-electron chi connectivity index (χ0n) is 15.1. The Bertz CT molecular complexity index is 1120. The van der Waals surface area contributed by atoms with E-state index in [4.69, 9.17) is 11.6 Å². The SMILES string of the molecule is CCCc1nc2c(Cl)cc(C(F)(F)F)c(-c3cc(C)c4c(c3)CC(=O)N4)n2n1. The van der Waals surface area contributed by atoms with Gasteiger partial charge in [-0.1, -0.05) is 18.5 Å². The summed E-state index contributed by atoms with van der Waals surface area (Å²) in [6.07, 6.45) is -3.23. The molecule has 0 fully saturated rings. The first-order valence-electron chi connectivity index (χ1n) is 8.78. The Kier molecular flexibility index (Phi) is 4.33. The van der Waals surface area contributed by atoms with Crippen LogP contribution < -0.4 is 5.32 Å². The molecule has 0 saturated carbocycles. The minimum atomic E-state index is -4.63. The summed E-state index contributed by atoms with van der Waals surface area (Å²) in [6.45, 7) is 3.68. The summed E-state index contributed by atoms with van der Waals surface area (Å²) in [6, 6.07) is 4.10. The number of nitrogens with one attached hydrogen (secondary N) is 1. The number of aryl methyl sites for hydroxylation is 2. The van der Waals surface area contributed by atoms with E-state index in [2.05, 4.69) is 15.4 Å². The number of carbonyl (C=O) groups excluding carboxylic acids is 1. The molecule has 0 bridgehead atoms. The van der Waals surface area contributed by atoms with Gasteiger partial charge in [0.25, 0.3) is 0 Å². The zero-order chi connectivity index (χ0) is 20.2. The van der Waals surface area contributed by atoms with Gasteiger partial charge in [0.2, 0.25) is 5.91 Å². The van der Waals surface area contributed by atoms with Crippen LogP contribution in [0.4, 0.5) is 18.9 Å². The quantitative estimate of drug-likeness (QED) is 0.675. The summed E-state index contributed by atoms with van der Waals surface area (Å²) in [5.74, 6) is 0.248. The maximum absolute atomic E-state index is 13.8. The van der Waals surface area contributed by atoms with Crippen LogP contribution in [0.15, 0.2) is 18.2 Å². The minimum Gasteiger partial charge on any atom is -0.325 e. The number of pyridine rings is 1. The molecule has 0 atom stereocenters. The van der Waals surface area contributed by atoms with E-state index in [-0.39, 0.29) is 28.7 Å². The van der Waals surface area contributed by atoms with Crippen LogP contribution in [0.25, 0.3) is 16.9 Å². The lowest BCUT2D eigenvalue weighted by molar-refractivity contribution is -0.137. The number of alkyl halides is 3. The highest BCUT2D eigenvalue weighted by molar-refractivity contribution is 6.33. The normalized spacial score (nSPS) is 13.9. The van der Waals surface area contributed by atoms with E-state index < -0.39 is 11.7 Å². The second kappa shape index (κ2) is 6.48. The van der Waals surface area contributed by atoms with Gasteiger partial charge in [-0.05, 0) is 42.7 Å². The largest absolute Gasteiger partial charge is 0.418 e. The summed E-state index contributed by atoms with van der Waals surface area (Å²) in [5.41, 5.74) is 1.46. The molecule has 0 unspecified atom stereocenters. The van der Waals surface area contributed by atoms with E-state index in [0.29, 0.717) is 34.6 Å². The highest BCUT2D eigenvalue weighted by atomic mass is 35.5. The number of halogens is 4. The number of anilines is 1. The number of hydrogen-bond donors (Lipinski definition) is 1. The van der Waals surface area contributed by atoms with Crippen LogP contribution in [-0.4, -0.2) is 20.5 Å². The van der Waals surface area contributed by atoms with Gasteiger partial charge >= 0.3 is 6.18 Å². The first-order valence-corrected chi connectivity index (χ1v) is 9.16. The molecule has 28 heavy (non-hydrogen) atoms. The standard InChI is InChI=1S/C19H16ClF3N4O/c1-3-4-14-24-18-13(20)8-12(19(21,22)23)17(27(18)26-14)11-5-9(2)16-10(6-11)7-15(28)25-16/h5-6,8H,3-4,7H2,1-2H3,(H,25,28). The van der Waals surface area contributed by atoms with Crippen molar-refractivity contribution in [2.45, 2.75) is 39.3 Å². The molecule has 0 radical (unpaired) electrons. The number of amides is 1. The Hall–Kier alpha value is -2.61. The highest BCUT2D eigenvalue weighted by Gasteiger charge is 2.37. The van der Waals surface area contributed by atoms with Crippen LogP contribution in [-0.2, 0) is 23.8 Å². The van der Waals surface area contributed by atoms with Crippen LogP contribution >= 0.6 is 11.6 Å². The summed E-state index contributed by atoms with van der Waals surface area (Å²) >= 11 is 6.11. The second-order valence-electron chi connectivity index (χ2n) is 6.82. The number of rotatable bonds is 3. The first kappa shape index (κ1) is 18.7. The predicted octanol–water partition coefficient (Wildman–Crippen LogP) is 4.82. The fraction of sp³-hybridized carbons (Fsp3) is 0.316. The molecule has 0 aliphatic carbocycles. The third kappa shape index (κ3) is 3.01. The van der Waals surface area contributed by atoms with E-state index in [1.165, 1.54) is 4.52 Å². The smallest absolute Gasteiger partial charge is 0.325 e. The molecule has 0 spiro atoms. The van der Waals surface area contributed by atoms with Crippen molar-refractivity contribution >= 4 is 28.8 Å². The molecule has 1 N–H and O–H groups in total. The molecule has 5 nitrogen and oxygen atoms in total. The lowest BCUT2D eigenvalue weighted by Crippen LogP contribution is -2.12. The van der Waals surface area contributed by atoms with Gasteiger partial charge in [-0.3, -0.25) is 4.79 Å². The number of hydrogen-bond acceptors (Lipinski definition) is 3. The van der Waals surface area contributed by atoms with Crippen molar-refractivity contribution in [1.82, 2.24) is 14.6 Å². The number of nitrogens with zero attached hydrogens (tertiary/aromatic N) is 3. The summed E-state index contributed by atoms with van der Waals surface area (Å²) < 4.78 is 42.7. The van der Waals surface area contributed by atoms with E-state index in [9.17, 15) is 18.0 Å². The predicted molar refractivity (Wildman–Crippen MR) is 99.5 cm³/mol. The van der Waals surface area contributed by atoms with Crippen LogP contribution in [0.3, 0.4) is 0 Å². The highest BCUT2D eigenvalue weighted by Crippen LogP contribution is 2.41. The molecule has 146 valence electrons. The van der Waals surface area contributed by atoms with Crippen molar-refractivity contribution in [2.24, 2.45) is 0 Å². The lowest BCUT2D eigenvalue weighted by Gasteiger charge is -2.16. The molecule has 0 saturated heterocycles. The van der Waals surface area contributed by atoms with Crippen LogP contribution in [0.5, 0.6) is 0 Å². The van der Waals surface area contributed by atoms with Crippen molar-refractivity contribution in [3.05, 3.63) is 45.7 Å². The van der Waals surface area contributed by atoms with Crippen molar-refractivity contribution in [3.8, 4) is 11.3 Å². The Morgan fingerprint density at radius 3 is 2.71 bits per heavy atom. The average Bonchev–Trinajstić information content (AvgIpc) is 3.17. The molecule has 1 aromatic carbocycles. The number of carbonyl (C=O) groups is 1. The molecule has 2 aromatic heterocycles. The van der Waals surface area contributed by atoms with E-state index in [1.54, 1.807) is 19.1 Å². The van der Waals surface area contributed by atoms with E-state index in [0.717, 1.165) is 12.5 Å². The Labute approximate surface area is 163 Å². The number of benzene rings is 1. The van der Waals surface area contributed by atoms with Gasteiger partial charge < -0.3 is 5.32 Å². The molecule has 4 rings (SSSR count). The van der Waals surface area contributed by atoms with Gasteiger partial charge in [0.1, 0.15) is 0 Å². The van der Waals surface area contributed by atoms with Gasteiger partial charge in [-0.2, -0.15) is 18.3 Å². The van der Waals surface area contributed by atoms with Crippen molar-refractivity contribution < 1.29 is 18.0 Å². The maximum Gasteiger partial charge on any atom is 0.418 e. The first-order chi connectivity index (χ1) is 13.2. The van der Waals surface area contributed by atoms with Gasteiger partial charge in [-0.15, -0.1) is 0 Å². The minimum absolute atomic E-state index is 0.111. The maximum atomic E-state index is 13.8. The summed E-state index contributed by atoms with van der Waals surface area (Å²) in [7, 11) is 0. The van der Waals surface area contributed by atoms with Crippen LogP contribution in [0.2, 0.25) is 5.02 Å². The summed E-state index contributed by atoms with van der Waals surface area (Å²) in [5, 5.41) is 6.92. The Morgan fingerprint density at radius 1 is 1.29 bits per heavy atom. The Balaban J connectivity index is 2.05. The summed E-state index contributed by atoms with van der Waals surface area (Å²) in [4.78, 5) is 16.0. The zero-order valence-corrected chi connectivity index (χ0v) is 15.9. The third-order valence-electron chi connectivity index (χ3n) is 4.69. The topological polar surface area (TPSA) is 59.3 Å². The molecular weight excluding hydrogens is 393 g/mol. The Morgan fingerprint density at radius 2 is 2.04 bits per heavy atom. The van der Waals surface area contributed by atoms with Gasteiger partial charge in [-0.25, -0.2) is 9.50 Å². The fourth-order valence-corrected chi connectivity index (χ4v) is 3.77. The number of aromatic nitrogens is 3. The lowest BCUT2D eigenvalue weighted by atomic mass is 9.98. The van der Waals surface area contributed by atoms with Gasteiger partial charge in [0.15, 0.2) is 11.5 Å². The van der Waals surface area contributed by atoms with Crippen LogP contribution in [0.1, 0.15) is 35.9 Å². The van der Waals surface area contributed by atoms with E-state index >= 15 is 0 Å². The second-order valence-corrected chi connectivity index (χ2v) is 7.23.